The molecule has 0 unspecified atom stereocenters. The molecule has 0 amide bonds. The molecule has 1 aromatic heterocycles. The standard InChI is InChI=1S/C17H14ClN3O4/c1-2-21-14-13(15(22)20-17(21)24)11(8-3-5-9(18)6-4-8)12-10(19-14)7-25-16(12)23/h3-6,11,19H,2,7H2,1H3,(H,20,22,24)/t11-/m0/s1. The van der Waals surface area contributed by atoms with Crippen molar-refractivity contribution < 1.29 is 9.53 Å². The lowest BCUT2D eigenvalue weighted by atomic mass is 9.83. The van der Waals surface area contributed by atoms with E-state index in [1.54, 1.807) is 31.2 Å². The fourth-order valence-electron chi connectivity index (χ4n) is 3.38. The van der Waals surface area contributed by atoms with E-state index in [4.69, 9.17) is 16.3 Å². The van der Waals surface area contributed by atoms with E-state index in [-0.39, 0.29) is 6.61 Å². The van der Waals surface area contributed by atoms with Crippen LogP contribution in [0.25, 0.3) is 0 Å². The number of fused-ring (bicyclic) bond motifs is 1. The summed E-state index contributed by atoms with van der Waals surface area (Å²) in [6.45, 7) is 2.26. The second kappa shape index (κ2) is 5.63. The third kappa shape index (κ3) is 2.31. The number of hydrogen-bond acceptors (Lipinski definition) is 5. The molecule has 4 rings (SSSR count). The Morgan fingerprint density at radius 1 is 1.24 bits per heavy atom. The molecule has 128 valence electrons. The Hall–Kier alpha value is -2.80. The zero-order valence-electron chi connectivity index (χ0n) is 13.3. The number of carbonyl (C=O) groups excluding carboxylic acids is 1. The molecule has 2 aromatic rings. The second-order valence-electron chi connectivity index (χ2n) is 5.84. The monoisotopic (exact) mass is 359 g/mol. The van der Waals surface area contributed by atoms with Crippen LogP contribution in [0.3, 0.4) is 0 Å². The summed E-state index contributed by atoms with van der Waals surface area (Å²) in [6, 6.07) is 6.92. The number of ether oxygens (including phenoxy) is 1. The Morgan fingerprint density at radius 2 is 1.96 bits per heavy atom. The minimum Gasteiger partial charge on any atom is -0.456 e. The molecule has 2 N–H and O–H groups in total. The van der Waals surface area contributed by atoms with Gasteiger partial charge in [-0.1, -0.05) is 23.7 Å². The van der Waals surface area contributed by atoms with Crippen molar-refractivity contribution in [3.63, 3.8) is 0 Å². The highest BCUT2D eigenvalue weighted by Crippen LogP contribution is 2.42. The highest BCUT2D eigenvalue weighted by atomic mass is 35.5. The first-order chi connectivity index (χ1) is 12.0. The number of esters is 1. The summed E-state index contributed by atoms with van der Waals surface area (Å²) >= 11 is 5.96. The Bertz CT molecular complexity index is 1030. The van der Waals surface area contributed by atoms with Gasteiger partial charge in [0.15, 0.2) is 0 Å². The minimum atomic E-state index is -0.624. The number of nitrogens with zero attached hydrogens (tertiary/aromatic N) is 1. The predicted molar refractivity (Wildman–Crippen MR) is 91.9 cm³/mol. The molecule has 0 bridgehead atoms. The topological polar surface area (TPSA) is 93.2 Å². The SMILES string of the molecule is CCn1c2c(c(=O)[nH]c1=O)[C@@H](c1ccc(Cl)cc1)C1=C(COC1=O)N2. The largest absolute Gasteiger partial charge is 0.456 e. The van der Waals surface area contributed by atoms with E-state index in [1.807, 2.05) is 0 Å². The Kier molecular flexibility index (Phi) is 3.54. The molecular formula is C17H14ClN3O4. The highest BCUT2D eigenvalue weighted by Gasteiger charge is 2.41. The highest BCUT2D eigenvalue weighted by molar-refractivity contribution is 6.30. The lowest BCUT2D eigenvalue weighted by Gasteiger charge is -2.27. The van der Waals surface area contributed by atoms with Gasteiger partial charge in [-0.15, -0.1) is 0 Å². The quantitative estimate of drug-likeness (QED) is 0.794. The number of benzene rings is 1. The van der Waals surface area contributed by atoms with Crippen molar-refractivity contribution in [1.29, 1.82) is 0 Å². The zero-order valence-corrected chi connectivity index (χ0v) is 14.0. The van der Waals surface area contributed by atoms with Gasteiger partial charge in [0.1, 0.15) is 12.4 Å². The lowest BCUT2D eigenvalue weighted by molar-refractivity contribution is -0.136. The van der Waals surface area contributed by atoms with Crippen molar-refractivity contribution in [3.05, 3.63) is 72.5 Å². The van der Waals surface area contributed by atoms with E-state index in [9.17, 15) is 14.4 Å². The molecule has 25 heavy (non-hydrogen) atoms. The summed E-state index contributed by atoms with van der Waals surface area (Å²) in [4.78, 5) is 39.3. The number of H-pyrrole nitrogens is 1. The summed E-state index contributed by atoms with van der Waals surface area (Å²) in [6.07, 6.45) is 0. The number of aromatic amines is 1. The van der Waals surface area contributed by atoms with Crippen LogP contribution in [-0.4, -0.2) is 22.1 Å². The van der Waals surface area contributed by atoms with Crippen molar-refractivity contribution in [1.82, 2.24) is 9.55 Å². The van der Waals surface area contributed by atoms with Crippen molar-refractivity contribution in [2.75, 3.05) is 11.9 Å². The molecule has 3 heterocycles. The zero-order chi connectivity index (χ0) is 17.7. The number of carbonyl (C=O) groups is 1. The van der Waals surface area contributed by atoms with Crippen LogP contribution in [0.2, 0.25) is 5.02 Å². The van der Waals surface area contributed by atoms with E-state index >= 15 is 0 Å². The molecule has 7 nitrogen and oxygen atoms in total. The maximum atomic E-state index is 12.6. The number of hydrogen-bond donors (Lipinski definition) is 2. The Morgan fingerprint density at radius 3 is 2.64 bits per heavy atom. The van der Waals surface area contributed by atoms with E-state index < -0.39 is 23.1 Å². The Balaban J connectivity index is 2.04. The van der Waals surface area contributed by atoms with E-state index in [1.165, 1.54) is 4.57 Å². The minimum absolute atomic E-state index is 0.0857. The number of halogens is 1. The van der Waals surface area contributed by atoms with Gasteiger partial charge in [0.2, 0.25) is 0 Å². The first-order valence-electron chi connectivity index (χ1n) is 7.81. The number of nitrogens with one attached hydrogen (secondary N) is 2. The van der Waals surface area contributed by atoms with Crippen molar-refractivity contribution >= 4 is 23.4 Å². The molecule has 0 saturated heterocycles. The van der Waals surface area contributed by atoms with Crippen LogP contribution in [0.4, 0.5) is 5.82 Å². The van der Waals surface area contributed by atoms with E-state index in [0.717, 1.165) is 5.56 Å². The van der Waals surface area contributed by atoms with Gasteiger partial charge in [0.25, 0.3) is 5.56 Å². The first kappa shape index (κ1) is 15.7. The molecule has 0 spiro atoms. The molecule has 2 aliphatic rings. The molecule has 0 radical (unpaired) electrons. The van der Waals surface area contributed by atoms with E-state index in [0.29, 0.717) is 34.2 Å². The van der Waals surface area contributed by atoms with Crippen molar-refractivity contribution in [3.8, 4) is 0 Å². The molecule has 1 aromatic carbocycles. The molecule has 0 aliphatic carbocycles. The smallest absolute Gasteiger partial charge is 0.337 e. The van der Waals surface area contributed by atoms with Crippen molar-refractivity contribution in [2.24, 2.45) is 0 Å². The van der Waals surface area contributed by atoms with Gasteiger partial charge in [-0.3, -0.25) is 14.3 Å². The maximum Gasteiger partial charge on any atom is 0.337 e. The normalized spacial score (nSPS) is 18.5. The van der Waals surface area contributed by atoms with Crippen molar-refractivity contribution in [2.45, 2.75) is 19.4 Å². The summed E-state index contributed by atoms with van der Waals surface area (Å²) in [5.74, 6) is -0.698. The molecule has 2 aliphatic heterocycles. The molecule has 8 heteroatoms. The summed E-state index contributed by atoms with van der Waals surface area (Å²) in [7, 11) is 0. The summed E-state index contributed by atoms with van der Waals surface area (Å²) < 4.78 is 6.59. The van der Waals surface area contributed by atoms with Gasteiger partial charge in [0.05, 0.1) is 22.8 Å². The average Bonchev–Trinajstić information content (AvgIpc) is 2.95. The lowest BCUT2D eigenvalue weighted by Crippen LogP contribution is -2.38. The molecular weight excluding hydrogens is 346 g/mol. The van der Waals surface area contributed by atoms with Crippen LogP contribution in [0, 0.1) is 0 Å². The first-order valence-corrected chi connectivity index (χ1v) is 8.18. The maximum absolute atomic E-state index is 12.6. The summed E-state index contributed by atoms with van der Waals surface area (Å²) in [5, 5.41) is 3.60. The van der Waals surface area contributed by atoms with Crippen LogP contribution < -0.4 is 16.6 Å². The van der Waals surface area contributed by atoms with Gasteiger partial charge in [-0.05, 0) is 24.6 Å². The van der Waals surface area contributed by atoms with Gasteiger partial charge in [-0.2, -0.15) is 0 Å². The number of anilines is 1. The number of cyclic esters (lactones) is 1. The van der Waals surface area contributed by atoms with Gasteiger partial charge in [0, 0.05) is 11.6 Å². The van der Waals surface area contributed by atoms with Crippen LogP contribution in [0.15, 0.2) is 45.1 Å². The van der Waals surface area contributed by atoms with Gasteiger partial charge >= 0.3 is 11.7 Å². The van der Waals surface area contributed by atoms with Crippen LogP contribution in [0.1, 0.15) is 24.0 Å². The number of aromatic nitrogens is 2. The average molecular weight is 360 g/mol. The van der Waals surface area contributed by atoms with Gasteiger partial charge in [-0.25, -0.2) is 9.59 Å². The van der Waals surface area contributed by atoms with Gasteiger partial charge < -0.3 is 10.1 Å². The van der Waals surface area contributed by atoms with Crippen LogP contribution in [0.5, 0.6) is 0 Å². The molecule has 1 atom stereocenters. The van der Waals surface area contributed by atoms with E-state index in [2.05, 4.69) is 10.3 Å². The fourth-order valence-corrected chi connectivity index (χ4v) is 3.50. The van der Waals surface area contributed by atoms with Crippen LogP contribution in [-0.2, 0) is 16.1 Å². The molecule has 0 saturated carbocycles. The molecule has 0 fully saturated rings. The third-order valence-corrected chi connectivity index (χ3v) is 4.75. The van der Waals surface area contributed by atoms with Crippen LogP contribution >= 0.6 is 11.6 Å². The Labute approximate surface area is 146 Å². The fraction of sp³-hybridized carbons (Fsp3) is 0.235. The third-order valence-electron chi connectivity index (χ3n) is 4.49. The second-order valence-corrected chi connectivity index (χ2v) is 6.28. The summed E-state index contributed by atoms with van der Waals surface area (Å²) in [5.41, 5.74) is 0.990. The number of rotatable bonds is 2. The predicted octanol–water partition coefficient (Wildman–Crippen LogP) is 1.58.